The summed E-state index contributed by atoms with van der Waals surface area (Å²) >= 11 is 0. The van der Waals surface area contributed by atoms with E-state index in [9.17, 15) is 9.59 Å². The van der Waals surface area contributed by atoms with Crippen LogP contribution in [0.5, 0.6) is 0 Å². The highest BCUT2D eigenvalue weighted by atomic mass is 16.2. The van der Waals surface area contributed by atoms with Gasteiger partial charge in [-0.15, -0.1) is 0 Å². The summed E-state index contributed by atoms with van der Waals surface area (Å²) in [4.78, 5) is 23.8. The van der Waals surface area contributed by atoms with E-state index in [1.165, 1.54) is 6.92 Å². The minimum Gasteiger partial charge on any atom is -0.346 e. The molecular weight excluding hydrogens is 250 g/mol. The summed E-state index contributed by atoms with van der Waals surface area (Å²) in [7, 11) is 0. The molecule has 0 fully saturated rings. The van der Waals surface area contributed by atoms with Crippen LogP contribution in [0.15, 0.2) is 30.3 Å². The first-order valence-electron chi connectivity index (χ1n) is 7.25. The molecule has 0 saturated heterocycles. The number of carbonyl (C=O) groups is 2. The fourth-order valence-corrected chi connectivity index (χ4v) is 2.27. The van der Waals surface area contributed by atoms with E-state index in [4.69, 9.17) is 0 Å². The molecular formula is C17H25NO2. The lowest BCUT2D eigenvalue weighted by molar-refractivity contribution is -0.129. The minimum atomic E-state index is -0.431. The van der Waals surface area contributed by atoms with Crippen LogP contribution in [-0.4, -0.2) is 17.7 Å². The molecule has 20 heavy (non-hydrogen) atoms. The Morgan fingerprint density at radius 3 is 2.20 bits per heavy atom. The van der Waals surface area contributed by atoms with Crippen LogP contribution in [0, 0.1) is 11.8 Å². The molecule has 0 aliphatic heterocycles. The van der Waals surface area contributed by atoms with Gasteiger partial charge < -0.3 is 5.32 Å². The van der Waals surface area contributed by atoms with Crippen LogP contribution in [0.1, 0.15) is 39.7 Å². The van der Waals surface area contributed by atoms with E-state index in [-0.39, 0.29) is 17.6 Å². The van der Waals surface area contributed by atoms with Gasteiger partial charge in [0.1, 0.15) is 0 Å². The van der Waals surface area contributed by atoms with Crippen LogP contribution in [0.3, 0.4) is 0 Å². The van der Waals surface area contributed by atoms with E-state index in [2.05, 4.69) is 19.2 Å². The smallest absolute Gasteiger partial charge is 0.223 e. The lowest BCUT2D eigenvalue weighted by Gasteiger charge is -2.20. The summed E-state index contributed by atoms with van der Waals surface area (Å²) in [6.45, 7) is 7.63. The number of benzene rings is 1. The zero-order valence-corrected chi connectivity index (χ0v) is 12.8. The van der Waals surface area contributed by atoms with Gasteiger partial charge in [0.25, 0.3) is 0 Å². The Balaban J connectivity index is 2.64. The number of hydrogen-bond donors (Lipinski definition) is 1. The Morgan fingerprint density at radius 2 is 1.70 bits per heavy atom. The van der Waals surface area contributed by atoms with E-state index in [1.54, 1.807) is 0 Å². The molecule has 3 nitrogen and oxygen atoms in total. The zero-order chi connectivity index (χ0) is 15.1. The standard InChI is InChI=1S/C17H25NO2/c1-12(2)10-13(3)17(20)18-16(14(4)19)11-15-8-6-5-7-9-15/h5-9,12-13,16H,10-11H2,1-4H3,(H,18,20). The fourth-order valence-electron chi connectivity index (χ4n) is 2.27. The van der Waals surface area contributed by atoms with Crippen LogP contribution >= 0.6 is 0 Å². The molecule has 0 heterocycles. The molecule has 0 spiro atoms. The van der Waals surface area contributed by atoms with Crippen molar-refractivity contribution in [2.75, 3.05) is 0 Å². The Labute approximate surface area is 121 Å². The maximum absolute atomic E-state index is 12.1. The first-order valence-corrected chi connectivity index (χ1v) is 7.25. The van der Waals surface area contributed by atoms with Crippen molar-refractivity contribution in [1.82, 2.24) is 5.32 Å². The van der Waals surface area contributed by atoms with Crippen molar-refractivity contribution in [2.45, 2.75) is 46.6 Å². The van der Waals surface area contributed by atoms with Crippen LogP contribution < -0.4 is 5.32 Å². The van der Waals surface area contributed by atoms with Crippen LogP contribution in [0.2, 0.25) is 0 Å². The molecule has 0 radical (unpaired) electrons. The Bertz CT molecular complexity index is 440. The van der Waals surface area contributed by atoms with Crippen LogP contribution in [-0.2, 0) is 16.0 Å². The molecule has 1 amide bonds. The highest BCUT2D eigenvalue weighted by Gasteiger charge is 2.21. The molecule has 2 unspecified atom stereocenters. The molecule has 1 aromatic carbocycles. The molecule has 0 aromatic heterocycles. The van der Waals surface area contributed by atoms with E-state index in [1.807, 2.05) is 37.3 Å². The van der Waals surface area contributed by atoms with Crippen LogP contribution in [0.25, 0.3) is 0 Å². The van der Waals surface area contributed by atoms with E-state index >= 15 is 0 Å². The molecule has 110 valence electrons. The third-order valence-electron chi connectivity index (χ3n) is 3.36. The average Bonchev–Trinajstić information content (AvgIpc) is 2.38. The van der Waals surface area contributed by atoms with Gasteiger partial charge in [0, 0.05) is 5.92 Å². The SMILES string of the molecule is CC(=O)C(Cc1ccccc1)NC(=O)C(C)CC(C)C. The predicted octanol–water partition coefficient (Wildman–Crippen LogP) is 2.99. The average molecular weight is 275 g/mol. The molecule has 0 saturated carbocycles. The molecule has 1 aromatic rings. The van der Waals surface area contributed by atoms with E-state index in [0.717, 1.165) is 12.0 Å². The van der Waals surface area contributed by atoms with Crippen molar-refractivity contribution < 1.29 is 9.59 Å². The van der Waals surface area contributed by atoms with Gasteiger partial charge in [-0.25, -0.2) is 0 Å². The number of carbonyl (C=O) groups excluding carboxylic acids is 2. The summed E-state index contributed by atoms with van der Waals surface area (Å²) in [6, 6.07) is 9.33. The van der Waals surface area contributed by atoms with Crippen molar-refractivity contribution >= 4 is 11.7 Å². The molecule has 0 bridgehead atoms. The highest BCUT2D eigenvalue weighted by Crippen LogP contribution is 2.12. The summed E-state index contributed by atoms with van der Waals surface area (Å²) in [5.74, 6) is 0.377. The quantitative estimate of drug-likeness (QED) is 0.831. The lowest BCUT2D eigenvalue weighted by Crippen LogP contribution is -2.43. The number of ketones is 1. The predicted molar refractivity (Wildman–Crippen MR) is 81.4 cm³/mol. The number of hydrogen-bond acceptors (Lipinski definition) is 2. The number of rotatable bonds is 7. The second-order valence-electron chi connectivity index (χ2n) is 5.89. The van der Waals surface area contributed by atoms with Crippen molar-refractivity contribution in [3.05, 3.63) is 35.9 Å². The molecule has 3 heteroatoms. The summed E-state index contributed by atoms with van der Waals surface area (Å²) in [5, 5.41) is 2.88. The number of Topliss-reactive ketones (excluding diaryl/α,β-unsaturated/α-hetero) is 1. The van der Waals surface area contributed by atoms with Gasteiger partial charge in [-0.1, -0.05) is 51.1 Å². The number of nitrogens with one attached hydrogen (secondary N) is 1. The van der Waals surface area contributed by atoms with Gasteiger partial charge >= 0.3 is 0 Å². The topological polar surface area (TPSA) is 46.2 Å². The second-order valence-corrected chi connectivity index (χ2v) is 5.89. The van der Waals surface area contributed by atoms with Gasteiger partial charge in [-0.3, -0.25) is 9.59 Å². The van der Waals surface area contributed by atoms with Crippen molar-refractivity contribution in [3.63, 3.8) is 0 Å². The molecule has 1 N–H and O–H groups in total. The van der Waals surface area contributed by atoms with Crippen LogP contribution in [0.4, 0.5) is 0 Å². The largest absolute Gasteiger partial charge is 0.346 e. The zero-order valence-electron chi connectivity index (χ0n) is 12.8. The Kier molecular flexibility index (Phi) is 6.43. The van der Waals surface area contributed by atoms with Gasteiger partial charge in [0.15, 0.2) is 5.78 Å². The van der Waals surface area contributed by atoms with Crippen molar-refractivity contribution in [1.29, 1.82) is 0 Å². The Hall–Kier alpha value is -1.64. The van der Waals surface area contributed by atoms with E-state index in [0.29, 0.717) is 12.3 Å². The Morgan fingerprint density at radius 1 is 1.10 bits per heavy atom. The van der Waals surface area contributed by atoms with Gasteiger partial charge in [-0.2, -0.15) is 0 Å². The van der Waals surface area contributed by atoms with Crippen molar-refractivity contribution in [3.8, 4) is 0 Å². The fraction of sp³-hybridized carbons (Fsp3) is 0.529. The van der Waals surface area contributed by atoms with Gasteiger partial charge in [0.05, 0.1) is 6.04 Å². The van der Waals surface area contributed by atoms with Gasteiger partial charge in [-0.05, 0) is 31.2 Å². The monoisotopic (exact) mass is 275 g/mol. The first-order chi connectivity index (χ1) is 9.40. The summed E-state index contributed by atoms with van der Waals surface area (Å²) < 4.78 is 0. The third-order valence-corrected chi connectivity index (χ3v) is 3.36. The first kappa shape index (κ1) is 16.4. The maximum atomic E-state index is 12.1. The molecule has 1 rings (SSSR count). The molecule has 0 aliphatic carbocycles. The second kappa shape index (κ2) is 7.83. The summed E-state index contributed by atoms with van der Waals surface area (Å²) in [6.07, 6.45) is 1.39. The van der Waals surface area contributed by atoms with E-state index < -0.39 is 6.04 Å². The summed E-state index contributed by atoms with van der Waals surface area (Å²) in [5.41, 5.74) is 1.06. The highest BCUT2D eigenvalue weighted by molar-refractivity contribution is 5.88. The maximum Gasteiger partial charge on any atom is 0.223 e. The lowest BCUT2D eigenvalue weighted by atomic mass is 9.96. The molecule has 2 atom stereocenters. The normalized spacial score (nSPS) is 13.8. The van der Waals surface area contributed by atoms with Crippen molar-refractivity contribution in [2.24, 2.45) is 11.8 Å². The minimum absolute atomic E-state index is 0.000972. The third kappa shape index (κ3) is 5.55. The van der Waals surface area contributed by atoms with Gasteiger partial charge in [0.2, 0.25) is 5.91 Å². The number of amides is 1. The molecule has 0 aliphatic rings.